The third-order valence-electron chi connectivity index (χ3n) is 5.81. The number of thiophene rings is 1. The molecule has 0 unspecified atom stereocenters. The predicted octanol–water partition coefficient (Wildman–Crippen LogP) is 5.21. The highest BCUT2D eigenvalue weighted by molar-refractivity contribution is 7.15. The lowest BCUT2D eigenvalue weighted by molar-refractivity contribution is 0.0608. The lowest BCUT2D eigenvalue weighted by atomic mass is 9.98. The molecule has 34 heavy (non-hydrogen) atoms. The summed E-state index contributed by atoms with van der Waals surface area (Å²) in [4.78, 5) is 19.0. The van der Waals surface area contributed by atoms with E-state index in [1.165, 1.54) is 18.4 Å². The van der Waals surface area contributed by atoms with Gasteiger partial charge in [-0.15, -0.1) is 21.5 Å². The number of rotatable bonds is 6. The molecule has 0 aliphatic rings. The fourth-order valence-electron chi connectivity index (χ4n) is 4.21. The van der Waals surface area contributed by atoms with Crippen molar-refractivity contribution in [2.24, 2.45) is 0 Å². The minimum Gasteiger partial charge on any atom is -0.465 e. The second-order valence-electron chi connectivity index (χ2n) is 8.36. The molecule has 0 bridgehead atoms. The lowest BCUT2D eigenvalue weighted by Gasteiger charge is -2.13. The molecule has 0 saturated carbocycles. The number of hydrogen-bond donors (Lipinski definition) is 1. The van der Waals surface area contributed by atoms with Crippen LogP contribution in [-0.2, 0) is 11.3 Å². The number of esters is 1. The molecule has 172 valence electrons. The van der Waals surface area contributed by atoms with Crippen LogP contribution >= 0.6 is 11.3 Å². The number of fused-ring (bicyclic) bond motifs is 1. The number of tetrazole rings is 1. The Balaban J connectivity index is 1.54. The molecule has 0 fully saturated rings. The van der Waals surface area contributed by atoms with Gasteiger partial charge < -0.3 is 9.30 Å². The highest BCUT2D eigenvalue weighted by Crippen LogP contribution is 2.35. The molecule has 1 N–H and O–H groups in total. The van der Waals surface area contributed by atoms with Crippen LogP contribution in [0.1, 0.15) is 45.7 Å². The van der Waals surface area contributed by atoms with E-state index in [1.54, 1.807) is 0 Å². The van der Waals surface area contributed by atoms with Crippen molar-refractivity contribution in [3.05, 3.63) is 69.7 Å². The number of imidazole rings is 1. The Labute approximate surface area is 200 Å². The third kappa shape index (κ3) is 3.77. The Kier molecular flexibility index (Phi) is 5.70. The molecule has 0 aliphatic heterocycles. The summed E-state index contributed by atoms with van der Waals surface area (Å²) in [6, 6.07) is 16.4. The molecule has 0 radical (unpaired) electrons. The standard InChI is InChI=1S/C25H24N6O2S/c1-14(2)24-26-20-15(3)34-22(25(32)33-4)21(20)31(24)13-16-9-11-17(12-10-16)18-7-5-6-8-19(18)23-27-29-30-28-23/h5-12,14H,13H2,1-4H3,(H,27,28,29,30). The smallest absolute Gasteiger partial charge is 0.350 e. The third-order valence-corrected chi connectivity index (χ3v) is 6.87. The first-order valence-corrected chi connectivity index (χ1v) is 11.8. The summed E-state index contributed by atoms with van der Waals surface area (Å²) in [5.41, 5.74) is 5.85. The Morgan fingerprint density at radius 2 is 1.85 bits per heavy atom. The summed E-state index contributed by atoms with van der Waals surface area (Å²) >= 11 is 1.43. The maximum Gasteiger partial charge on any atom is 0.350 e. The summed E-state index contributed by atoms with van der Waals surface area (Å²) in [7, 11) is 1.42. The maximum absolute atomic E-state index is 12.5. The van der Waals surface area contributed by atoms with Crippen LogP contribution in [0, 0.1) is 6.92 Å². The van der Waals surface area contributed by atoms with Gasteiger partial charge in [-0.05, 0) is 28.8 Å². The summed E-state index contributed by atoms with van der Waals surface area (Å²) < 4.78 is 7.20. The first kappa shape index (κ1) is 22.0. The van der Waals surface area contributed by atoms with Crippen LogP contribution in [0.2, 0.25) is 0 Å². The highest BCUT2D eigenvalue weighted by atomic mass is 32.1. The number of methoxy groups -OCH3 is 1. The van der Waals surface area contributed by atoms with Gasteiger partial charge in [0.2, 0.25) is 5.82 Å². The number of aryl methyl sites for hydroxylation is 1. The maximum atomic E-state index is 12.5. The van der Waals surface area contributed by atoms with Crippen molar-refractivity contribution in [3.8, 4) is 22.5 Å². The van der Waals surface area contributed by atoms with E-state index in [4.69, 9.17) is 9.72 Å². The average molecular weight is 473 g/mol. The Morgan fingerprint density at radius 1 is 1.12 bits per heavy atom. The van der Waals surface area contributed by atoms with E-state index in [1.807, 2.05) is 31.2 Å². The number of ether oxygens (including phenoxy) is 1. The molecule has 0 spiro atoms. The fraction of sp³-hybridized carbons (Fsp3) is 0.240. The van der Waals surface area contributed by atoms with Gasteiger partial charge in [0.25, 0.3) is 0 Å². The van der Waals surface area contributed by atoms with E-state index in [2.05, 4.69) is 63.3 Å². The summed E-state index contributed by atoms with van der Waals surface area (Å²) in [6.45, 7) is 6.84. The summed E-state index contributed by atoms with van der Waals surface area (Å²) in [6.07, 6.45) is 0. The van der Waals surface area contributed by atoms with Crippen molar-refractivity contribution in [3.63, 3.8) is 0 Å². The van der Waals surface area contributed by atoms with E-state index in [0.717, 1.165) is 44.0 Å². The van der Waals surface area contributed by atoms with Gasteiger partial charge in [0.1, 0.15) is 16.2 Å². The number of carbonyl (C=O) groups excluding carboxylic acids is 1. The minimum absolute atomic E-state index is 0.211. The molecule has 0 atom stereocenters. The van der Waals surface area contributed by atoms with Crippen molar-refractivity contribution >= 4 is 28.3 Å². The van der Waals surface area contributed by atoms with Crippen molar-refractivity contribution < 1.29 is 9.53 Å². The number of nitrogens with zero attached hydrogens (tertiary/aromatic N) is 5. The summed E-state index contributed by atoms with van der Waals surface area (Å²) in [5, 5.41) is 14.5. The number of H-pyrrole nitrogens is 1. The normalized spacial score (nSPS) is 11.4. The van der Waals surface area contributed by atoms with E-state index in [9.17, 15) is 4.79 Å². The molecule has 3 heterocycles. The van der Waals surface area contributed by atoms with Crippen LogP contribution in [0.15, 0.2) is 48.5 Å². The Bertz CT molecular complexity index is 1470. The second-order valence-corrected chi connectivity index (χ2v) is 9.59. The minimum atomic E-state index is -0.326. The van der Waals surface area contributed by atoms with Crippen LogP contribution in [0.5, 0.6) is 0 Å². The SMILES string of the molecule is COC(=O)c1sc(C)c2nc(C(C)C)n(Cc3ccc(-c4ccccc4-c4nn[nH]n4)cc3)c12. The number of aromatic amines is 1. The first-order chi connectivity index (χ1) is 16.5. The molecule has 9 heteroatoms. The Hall–Kier alpha value is -3.85. The monoisotopic (exact) mass is 472 g/mol. The molecule has 2 aromatic carbocycles. The number of aromatic nitrogens is 6. The van der Waals surface area contributed by atoms with Gasteiger partial charge in [-0.25, -0.2) is 9.78 Å². The highest BCUT2D eigenvalue weighted by Gasteiger charge is 2.24. The van der Waals surface area contributed by atoms with Crippen LogP contribution < -0.4 is 0 Å². The number of hydrogen-bond acceptors (Lipinski definition) is 7. The van der Waals surface area contributed by atoms with Gasteiger partial charge in [0.05, 0.1) is 12.6 Å². The molecule has 8 nitrogen and oxygen atoms in total. The van der Waals surface area contributed by atoms with Gasteiger partial charge in [0.15, 0.2) is 0 Å². The van der Waals surface area contributed by atoms with E-state index in [0.29, 0.717) is 17.2 Å². The van der Waals surface area contributed by atoms with Gasteiger partial charge in [-0.3, -0.25) is 0 Å². The molecular formula is C25H24N6O2S. The Morgan fingerprint density at radius 3 is 2.50 bits per heavy atom. The first-order valence-electron chi connectivity index (χ1n) is 11.0. The molecule has 0 aliphatic carbocycles. The van der Waals surface area contributed by atoms with Crippen LogP contribution in [0.25, 0.3) is 33.5 Å². The zero-order valence-electron chi connectivity index (χ0n) is 19.4. The second kappa shape index (κ2) is 8.83. The topological polar surface area (TPSA) is 98.6 Å². The number of carbonyl (C=O) groups is 1. The van der Waals surface area contributed by atoms with Gasteiger partial charge >= 0.3 is 5.97 Å². The molecule has 0 amide bonds. The van der Waals surface area contributed by atoms with E-state index >= 15 is 0 Å². The zero-order chi connectivity index (χ0) is 23.8. The largest absolute Gasteiger partial charge is 0.465 e. The van der Waals surface area contributed by atoms with Crippen molar-refractivity contribution in [1.29, 1.82) is 0 Å². The predicted molar refractivity (Wildman–Crippen MR) is 132 cm³/mol. The molecule has 5 rings (SSSR count). The van der Waals surface area contributed by atoms with Crippen LogP contribution in [-0.4, -0.2) is 43.3 Å². The molecule has 3 aromatic heterocycles. The average Bonchev–Trinajstić information content (AvgIpc) is 3.58. The lowest BCUT2D eigenvalue weighted by Crippen LogP contribution is -2.09. The van der Waals surface area contributed by atoms with Gasteiger partial charge in [-0.2, -0.15) is 5.21 Å². The molecule has 0 saturated heterocycles. The number of benzene rings is 2. The fourth-order valence-corrected chi connectivity index (χ4v) is 5.22. The molecular weight excluding hydrogens is 448 g/mol. The quantitative estimate of drug-likeness (QED) is 0.341. The van der Waals surface area contributed by atoms with Crippen molar-refractivity contribution in [2.75, 3.05) is 7.11 Å². The van der Waals surface area contributed by atoms with Crippen LogP contribution in [0.4, 0.5) is 0 Å². The van der Waals surface area contributed by atoms with Gasteiger partial charge in [0, 0.05) is 22.9 Å². The van der Waals surface area contributed by atoms with Crippen molar-refractivity contribution in [1.82, 2.24) is 30.2 Å². The molecule has 5 aromatic rings. The van der Waals surface area contributed by atoms with Crippen LogP contribution in [0.3, 0.4) is 0 Å². The summed E-state index contributed by atoms with van der Waals surface area (Å²) in [5.74, 6) is 1.40. The van der Waals surface area contributed by atoms with Crippen molar-refractivity contribution in [2.45, 2.75) is 33.2 Å². The van der Waals surface area contributed by atoms with E-state index in [-0.39, 0.29) is 11.9 Å². The van der Waals surface area contributed by atoms with Gasteiger partial charge in [-0.1, -0.05) is 62.4 Å². The zero-order valence-corrected chi connectivity index (χ0v) is 20.2. The van der Waals surface area contributed by atoms with E-state index < -0.39 is 0 Å². The number of nitrogens with one attached hydrogen (secondary N) is 1.